The molecule has 2 aliphatic rings. The number of hydrogen-bond acceptors (Lipinski definition) is 5. The number of carbonyl (C=O) groups excluding carboxylic acids is 1. The zero-order chi connectivity index (χ0) is 17.8. The number of nitro groups is 1. The second-order valence-electron chi connectivity index (χ2n) is 5.96. The molecule has 0 saturated carbocycles. The van der Waals surface area contributed by atoms with Crippen LogP contribution in [0.5, 0.6) is 0 Å². The first-order valence-corrected chi connectivity index (χ1v) is 7.96. The van der Waals surface area contributed by atoms with Crippen molar-refractivity contribution in [2.45, 2.75) is 6.42 Å². The lowest BCUT2D eigenvalue weighted by atomic mass is 10.1. The molecule has 1 aromatic rings. The molecule has 1 unspecified atom stereocenters. The highest BCUT2D eigenvalue weighted by molar-refractivity contribution is 6.06. The standard InChI is InChI=1S/C16H17N5O4/c17-9-12-2-1-3-14(8-12)15(22)20-6-5-19(16(20)18-21(23)24)10-13-4-7-25-11-13/h1-3,8,13H,4-7,10-11H2. The molecule has 3 rings (SSSR count). The fraction of sp³-hybridized carbons (Fsp3) is 0.438. The first-order chi connectivity index (χ1) is 12.1. The van der Waals surface area contributed by atoms with Crippen LogP contribution in [0, 0.1) is 27.4 Å². The van der Waals surface area contributed by atoms with Crippen molar-refractivity contribution < 1.29 is 14.6 Å². The van der Waals surface area contributed by atoms with E-state index in [0.717, 1.165) is 6.42 Å². The first-order valence-electron chi connectivity index (χ1n) is 7.96. The summed E-state index contributed by atoms with van der Waals surface area (Å²) in [6, 6.07) is 8.24. The normalized spacial score (nSPS) is 21.6. The SMILES string of the molecule is N#Cc1cccc(C(=O)N2CCN(CC3CCOC3)C2=N[N+](=O)[O-])c1. The topological polar surface area (TPSA) is 112 Å². The van der Waals surface area contributed by atoms with Gasteiger partial charge in [0.25, 0.3) is 11.9 Å². The van der Waals surface area contributed by atoms with Crippen molar-refractivity contribution in [2.24, 2.45) is 11.0 Å². The van der Waals surface area contributed by atoms with Crippen molar-refractivity contribution in [3.05, 3.63) is 45.5 Å². The smallest absolute Gasteiger partial charge is 0.281 e. The van der Waals surface area contributed by atoms with Crippen LogP contribution in [0.2, 0.25) is 0 Å². The van der Waals surface area contributed by atoms with Crippen LogP contribution in [-0.2, 0) is 4.74 Å². The van der Waals surface area contributed by atoms with E-state index >= 15 is 0 Å². The van der Waals surface area contributed by atoms with Gasteiger partial charge in [0.2, 0.25) is 0 Å². The Balaban J connectivity index is 1.82. The van der Waals surface area contributed by atoms with E-state index in [1.54, 1.807) is 23.1 Å². The third-order valence-electron chi connectivity index (χ3n) is 4.28. The zero-order valence-electron chi connectivity index (χ0n) is 13.5. The van der Waals surface area contributed by atoms with E-state index in [1.807, 2.05) is 6.07 Å². The molecule has 130 valence electrons. The summed E-state index contributed by atoms with van der Waals surface area (Å²) in [7, 11) is 0. The van der Waals surface area contributed by atoms with Gasteiger partial charge in [0.15, 0.2) is 5.03 Å². The predicted octanol–water partition coefficient (Wildman–Crippen LogP) is 0.900. The van der Waals surface area contributed by atoms with Gasteiger partial charge in [-0.15, -0.1) is 0 Å². The van der Waals surface area contributed by atoms with E-state index in [1.165, 1.54) is 11.0 Å². The molecule has 0 aromatic heterocycles. The van der Waals surface area contributed by atoms with Crippen LogP contribution in [0.25, 0.3) is 0 Å². The fourth-order valence-electron chi connectivity index (χ4n) is 3.06. The highest BCUT2D eigenvalue weighted by Gasteiger charge is 2.36. The van der Waals surface area contributed by atoms with E-state index in [4.69, 9.17) is 10.00 Å². The lowest BCUT2D eigenvalue weighted by molar-refractivity contribution is -0.486. The van der Waals surface area contributed by atoms with Crippen molar-refractivity contribution in [3.63, 3.8) is 0 Å². The van der Waals surface area contributed by atoms with Crippen LogP contribution in [-0.4, -0.2) is 59.5 Å². The molecular formula is C16H17N5O4. The number of nitriles is 1. The van der Waals surface area contributed by atoms with Crippen molar-refractivity contribution in [1.29, 1.82) is 5.26 Å². The van der Waals surface area contributed by atoms with Gasteiger partial charge in [0.05, 0.1) is 18.2 Å². The van der Waals surface area contributed by atoms with Crippen molar-refractivity contribution >= 4 is 11.9 Å². The minimum atomic E-state index is -0.787. The summed E-state index contributed by atoms with van der Waals surface area (Å²) in [6.45, 7) is 2.65. The number of carbonyl (C=O) groups is 1. The van der Waals surface area contributed by atoms with Crippen molar-refractivity contribution in [2.75, 3.05) is 32.8 Å². The molecule has 2 saturated heterocycles. The summed E-state index contributed by atoms with van der Waals surface area (Å²) in [6.07, 6.45) is 0.889. The summed E-state index contributed by atoms with van der Waals surface area (Å²) in [5.41, 5.74) is 0.666. The Morgan fingerprint density at radius 3 is 3.00 bits per heavy atom. The zero-order valence-corrected chi connectivity index (χ0v) is 13.5. The van der Waals surface area contributed by atoms with Gasteiger partial charge in [-0.3, -0.25) is 9.69 Å². The average Bonchev–Trinajstić information content (AvgIpc) is 3.25. The largest absolute Gasteiger partial charge is 0.381 e. The molecule has 2 aliphatic heterocycles. The Morgan fingerprint density at radius 1 is 1.48 bits per heavy atom. The van der Waals surface area contributed by atoms with Gasteiger partial charge < -0.3 is 9.64 Å². The molecule has 0 radical (unpaired) electrons. The van der Waals surface area contributed by atoms with E-state index in [9.17, 15) is 14.9 Å². The molecule has 2 fully saturated rings. The lowest BCUT2D eigenvalue weighted by Crippen LogP contribution is -2.40. The third kappa shape index (κ3) is 3.75. The number of rotatable bonds is 4. The predicted molar refractivity (Wildman–Crippen MR) is 87.1 cm³/mol. The average molecular weight is 343 g/mol. The van der Waals surface area contributed by atoms with Crippen LogP contribution in [0.15, 0.2) is 29.4 Å². The maximum atomic E-state index is 12.8. The molecule has 9 nitrogen and oxygen atoms in total. The molecule has 0 bridgehead atoms. The van der Waals surface area contributed by atoms with Crippen LogP contribution >= 0.6 is 0 Å². The van der Waals surface area contributed by atoms with Crippen LogP contribution in [0.4, 0.5) is 0 Å². The second-order valence-corrected chi connectivity index (χ2v) is 5.96. The Labute approximate surface area is 144 Å². The highest BCUT2D eigenvalue weighted by Crippen LogP contribution is 2.20. The maximum absolute atomic E-state index is 12.8. The molecule has 0 aliphatic carbocycles. The molecular weight excluding hydrogens is 326 g/mol. The number of guanidine groups is 1. The molecule has 1 aromatic carbocycles. The van der Waals surface area contributed by atoms with Gasteiger partial charge in [-0.2, -0.15) is 5.26 Å². The van der Waals surface area contributed by atoms with Crippen molar-refractivity contribution in [3.8, 4) is 6.07 Å². The summed E-state index contributed by atoms with van der Waals surface area (Å²) in [4.78, 5) is 26.7. The van der Waals surface area contributed by atoms with Gasteiger partial charge in [-0.1, -0.05) is 6.07 Å². The Kier molecular flexibility index (Phi) is 4.90. The van der Waals surface area contributed by atoms with E-state index in [-0.39, 0.29) is 11.9 Å². The molecule has 0 spiro atoms. The van der Waals surface area contributed by atoms with Crippen molar-refractivity contribution in [1.82, 2.24) is 9.80 Å². The molecule has 9 heteroatoms. The van der Waals surface area contributed by atoms with Crippen LogP contribution in [0.1, 0.15) is 22.3 Å². The highest BCUT2D eigenvalue weighted by atomic mass is 16.7. The van der Waals surface area contributed by atoms with Gasteiger partial charge in [-0.05, 0) is 24.6 Å². The molecule has 25 heavy (non-hydrogen) atoms. The minimum Gasteiger partial charge on any atom is -0.381 e. The van der Waals surface area contributed by atoms with E-state index in [0.29, 0.717) is 44.0 Å². The maximum Gasteiger partial charge on any atom is 0.281 e. The Hall–Kier alpha value is -2.99. The Morgan fingerprint density at radius 2 is 2.32 bits per heavy atom. The second kappa shape index (κ2) is 7.27. The van der Waals surface area contributed by atoms with Gasteiger partial charge in [0, 0.05) is 37.7 Å². The molecule has 2 heterocycles. The first kappa shape index (κ1) is 16.9. The summed E-state index contributed by atoms with van der Waals surface area (Å²) in [5, 5.41) is 22.5. The van der Waals surface area contributed by atoms with Crippen LogP contribution in [0.3, 0.4) is 0 Å². The summed E-state index contributed by atoms with van der Waals surface area (Å²) in [5.74, 6) is -0.0824. The summed E-state index contributed by atoms with van der Waals surface area (Å²) < 4.78 is 5.34. The number of hydrogen-bond donors (Lipinski definition) is 0. The molecule has 0 N–H and O–H groups in total. The van der Waals surface area contributed by atoms with Gasteiger partial charge >= 0.3 is 0 Å². The van der Waals surface area contributed by atoms with Gasteiger partial charge in [-0.25, -0.2) is 10.1 Å². The molecule has 1 amide bonds. The monoisotopic (exact) mass is 343 g/mol. The van der Waals surface area contributed by atoms with E-state index < -0.39 is 10.9 Å². The quantitative estimate of drug-likeness (QED) is 0.593. The van der Waals surface area contributed by atoms with Gasteiger partial charge in [0.1, 0.15) is 5.10 Å². The van der Waals surface area contributed by atoms with Crippen LogP contribution < -0.4 is 0 Å². The number of amides is 1. The minimum absolute atomic E-state index is 0.0456. The molecule has 1 atom stereocenters. The number of nitrogens with zero attached hydrogens (tertiary/aromatic N) is 5. The number of hydrazone groups is 1. The lowest BCUT2D eigenvalue weighted by Gasteiger charge is -2.21. The Bertz CT molecular complexity index is 751. The summed E-state index contributed by atoms with van der Waals surface area (Å²) >= 11 is 0. The number of ether oxygens (including phenoxy) is 1. The third-order valence-corrected chi connectivity index (χ3v) is 4.28. The number of benzene rings is 1. The fourth-order valence-corrected chi connectivity index (χ4v) is 3.06. The van der Waals surface area contributed by atoms with E-state index in [2.05, 4.69) is 5.10 Å².